The summed E-state index contributed by atoms with van der Waals surface area (Å²) in [4.78, 5) is 13.7. The fourth-order valence-electron chi connectivity index (χ4n) is 15.0. The summed E-state index contributed by atoms with van der Waals surface area (Å²) in [5.74, 6) is 1.70. The van der Waals surface area contributed by atoms with Gasteiger partial charge in [0.1, 0.15) is 11.5 Å². The number of hydrogen-bond acceptors (Lipinski definition) is 8. The summed E-state index contributed by atoms with van der Waals surface area (Å²) in [6, 6.07) is 142. The average molecular weight is 1430 g/mol. The van der Waals surface area contributed by atoms with Crippen LogP contribution in [0.2, 0.25) is 0 Å². The molecule has 110 heavy (non-hydrogen) atoms. The van der Waals surface area contributed by atoms with E-state index in [0.717, 1.165) is 79.7 Å². The molecular weight excluding hydrogens is 1340 g/mol. The Balaban J connectivity index is 0.000000125. The highest BCUT2D eigenvalue weighted by Crippen LogP contribution is 2.47. The van der Waals surface area contributed by atoms with E-state index in [2.05, 4.69) is 428 Å². The van der Waals surface area contributed by atoms with E-state index in [1.165, 1.54) is 87.3 Å². The second-order valence-corrected chi connectivity index (χ2v) is 27.5. The van der Waals surface area contributed by atoms with Crippen LogP contribution < -0.4 is 38.9 Å². The Morgan fingerprint density at radius 1 is 0.182 bits per heavy atom. The van der Waals surface area contributed by atoms with Gasteiger partial charge in [-0.05, 0) is 203 Å². The lowest BCUT2D eigenvalue weighted by atomic mass is 10.0. The van der Waals surface area contributed by atoms with Crippen molar-refractivity contribution in [2.45, 2.75) is 6.92 Å². The Labute approximate surface area is 644 Å². The number of anilines is 15. The van der Waals surface area contributed by atoms with E-state index in [9.17, 15) is 0 Å². The van der Waals surface area contributed by atoms with E-state index in [1.807, 2.05) is 30.3 Å². The zero-order chi connectivity index (χ0) is 74.9. The molecule has 0 bridgehead atoms. The molecule has 0 aliphatic carbocycles. The predicted molar refractivity (Wildman–Crippen MR) is 470 cm³/mol. The van der Waals surface area contributed by atoms with Gasteiger partial charge in [0.25, 0.3) is 0 Å². The Bertz CT molecular complexity index is 5970. The Morgan fingerprint density at radius 3 is 0.673 bits per heavy atom. The fourth-order valence-corrected chi connectivity index (χ4v) is 15.0. The zero-order valence-electron chi connectivity index (χ0n) is 62.6. The first-order valence-electron chi connectivity index (χ1n) is 37.3. The predicted octanol–water partition coefficient (Wildman–Crippen LogP) is 28.0. The van der Waals surface area contributed by atoms with Gasteiger partial charge < -0.3 is 38.9 Å². The third kappa shape index (κ3) is 14.6. The van der Waals surface area contributed by atoms with Crippen LogP contribution in [0.1, 0.15) is 5.56 Å². The Kier molecular flexibility index (Phi) is 20.4. The maximum absolute atomic E-state index is 5.43. The molecule has 18 aromatic rings. The van der Waals surface area contributed by atoms with Gasteiger partial charge in [0, 0.05) is 111 Å². The maximum Gasteiger partial charge on any atom is 0.120 e. The van der Waals surface area contributed by atoms with Gasteiger partial charge in [-0.1, -0.05) is 237 Å². The van der Waals surface area contributed by atoms with Crippen molar-refractivity contribution in [3.63, 3.8) is 0 Å². The first kappa shape index (κ1) is 70.2. The normalized spacial score (nSPS) is 11.0. The summed E-state index contributed by atoms with van der Waals surface area (Å²) in [6.07, 6.45) is 0. The van der Waals surface area contributed by atoms with E-state index in [-0.39, 0.29) is 0 Å². The fraction of sp³-hybridized carbons (Fsp3) is 0.0588. The second kappa shape index (κ2) is 31.9. The molecule has 18 rings (SSSR count). The number of benzene rings is 18. The lowest BCUT2D eigenvalue weighted by Gasteiger charge is -2.29. The van der Waals surface area contributed by atoms with Crippen LogP contribution in [0, 0.1) is 6.92 Å². The van der Waals surface area contributed by atoms with E-state index in [0.29, 0.717) is 0 Å². The molecule has 0 fully saturated rings. The van der Waals surface area contributed by atoms with Gasteiger partial charge in [0.15, 0.2) is 0 Å². The van der Waals surface area contributed by atoms with E-state index in [1.54, 1.807) is 14.2 Å². The van der Waals surface area contributed by atoms with Crippen LogP contribution in [0.5, 0.6) is 11.5 Å². The summed E-state index contributed by atoms with van der Waals surface area (Å²) in [5.41, 5.74) is 18.3. The molecule has 0 amide bonds. The summed E-state index contributed by atoms with van der Waals surface area (Å²) in [7, 11) is 9.68. The average Bonchev–Trinajstić information content (AvgIpc) is 0.772. The van der Waals surface area contributed by atoms with Gasteiger partial charge in [-0.25, -0.2) is 0 Å². The van der Waals surface area contributed by atoms with Gasteiger partial charge in [-0.2, -0.15) is 0 Å². The van der Waals surface area contributed by atoms with E-state index in [4.69, 9.17) is 9.47 Å². The third-order valence-corrected chi connectivity index (χ3v) is 20.8. The Hall–Kier alpha value is -14.1. The van der Waals surface area contributed by atoms with Gasteiger partial charge in [0.05, 0.1) is 48.3 Å². The Morgan fingerprint density at radius 2 is 0.400 bits per heavy atom. The van der Waals surface area contributed by atoms with Gasteiger partial charge >= 0.3 is 0 Å². The third-order valence-electron chi connectivity index (χ3n) is 20.8. The quantitative estimate of drug-likeness (QED) is 0.0893. The number of aryl methyl sites for hydroxylation is 1. The molecule has 0 spiro atoms. The topological polar surface area (TPSA) is 37.9 Å². The number of nitrogens with zero attached hydrogens (tertiary/aromatic N) is 6. The molecule has 0 saturated carbocycles. The molecular formula is C102H84N6O2. The van der Waals surface area contributed by atoms with Gasteiger partial charge in [0.2, 0.25) is 0 Å². The molecule has 0 saturated heterocycles. The summed E-state index contributed by atoms with van der Waals surface area (Å²) in [5, 5.41) is 14.7. The first-order chi connectivity index (χ1) is 54.1. The minimum absolute atomic E-state index is 0.846. The largest absolute Gasteiger partial charge is 0.497 e. The van der Waals surface area contributed by atoms with Crippen molar-refractivity contribution in [1.29, 1.82) is 0 Å². The van der Waals surface area contributed by atoms with E-state index >= 15 is 0 Å². The van der Waals surface area contributed by atoms with Crippen LogP contribution in [0.4, 0.5) is 85.3 Å². The van der Waals surface area contributed by atoms with Crippen molar-refractivity contribution in [3.8, 4) is 11.5 Å². The molecule has 0 aliphatic heterocycles. The number of ether oxygens (including phenoxy) is 2. The molecule has 534 valence electrons. The van der Waals surface area contributed by atoms with Crippen molar-refractivity contribution >= 4 is 150 Å². The number of methoxy groups -OCH3 is 2. The lowest BCUT2D eigenvalue weighted by Crippen LogP contribution is -2.12. The van der Waals surface area contributed by atoms with Crippen molar-refractivity contribution < 1.29 is 9.47 Å². The molecule has 0 unspecified atom stereocenters. The number of rotatable bonds is 17. The molecule has 0 heterocycles. The van der Waals surface area contributed by atoms with Crippen molar-refractivity contribution in [2.75, 3.05) is 64.8 Å². The number of hydrogen-bond donors (Lipinski definition) is 0. The van der Waals surface area contributed by atoms with Gasteiger partial charge in [-0.3, -0.25) is 0 Å². The lowest BCUT2D eigenvalue weighted by molar-refractivity contribution is 0.415. The molecule has 0 atom stereocenters. The summed E-state index contributed by atoms with van der Waals surface area (Å²) in [6.45, 7) is 2.13. The van der Waals surface area contributed by atoms with Crippen LogP contribution in [0.15, 0.2) is 400 Å². The van der Waals surface area contributed by atoms with Crippen LogP contribution in [0.3, 0.4) is 0 Å². The van der Waals surface area contributed by atoms with Crippen molar-refractivity contribution in [3.05, 3.63) is 406 Å². The first-order valence-corrected chi connectivity index (χ1v) is 37.3. The van der Waals surface area contributed by atoms with Crippen LogP contribution in [-0.4, -0.2) is 35.4 Å². The summed E-state index contributed by atoms with van der Waals surface area (Å²) < 4.78 is 10.7. The molecule has 8 heteroatoms. The molecule has 18 aromatic carbocycles. The van der Waals surface area contributed by atoms with Crippen molar-refractivity contribution in [2.24, 2.45) is 0 Å². The molecule has 0 aromatic heterocycles. The van der Waals surface area contributed by atoms with Crippen LogP contribution in [0.25, 0.3) is 64.6 Å². The molecule has 0 aliphatic rings. The second-order valence-electron chi connectivity index (χ2n) is 27.5. The number of fused-ring (bicyclic) bond motifs is 6. The smallest absolute Gasteiger partial charge is 0.120 e. The standard InChI is InChI=1S/2C34H28N2O.C34H28N2/c1-35(29-14-9-15-30(24-29)37-2)27-20-22-28(23-21-27)36(33-18-7-12-25-10-3-5-16-31(25)33)34-19-8-13-26-11-4-6-17-32(26)34;1-35(28-21-23-30(37-2)24-22-28)27-17-19-29(20-18-27)36(33-15-7-11-25-9-3-5-13-31(25)33)34-16-8-12-26-10-4-6-14-32(26)34;1-25-10-7-15-30(24-25)35(2)28-20-22-29(23-21-28)36(33-18-8-13-26-11-3-5-16-31(26)33)34-19-9-14-27-12-4-6-17-32(27)34/h2*3-24H,1-2H3;3-24H,1-2H3. The molecule has 8 nitrogen and oxygen atoms in total. The highest BCUT2D eigenvalue weighted by atomic mass is 16.5. The van der Waals surface area contributed by atoms with E-state index < -0.39 is 0 Å². The summed E-state index contributed by atoms with van der Waals surface area (Å²) >= 11 is 0. The van der Waals surface area contributed by atoms with Crippen molar-refractivity contribution in [1.82, 2.24) is 0 Å². The van der Waals surface area contributed by atoms with Crippen LogP contribution in [-0.2, 0) is 0 Å². The SMILES string of the molecule is COc1ccc(N(C)c2ccc(N(c3cccc4ccccc34)c3cccc4ccccc34)cc2)cc1.COc1cccc(N(C)c2ccc(N(c3cccc4ccccc34)c3cccc4ccccc34)cc2)c1.Cc1cccc(N(C)c2ccc(N(c3cccc4ccccc34)c3cccc4ccccc34)cc2)c1. The molecule has 0 N–H and O–H groups in total. The van der Waals surface area contributed by atoms with Gasteiger partial charge in [-0.15, -0.1) is 0 Å². The highest BCUT2D eigenvalue weighted by molar-refractivity contribution is 6.08. The highest BCUT2D eigenvalue weighted by Gasteiger charge is 2.23. The maximum atomic E-state index is 5.43. The zero-order valence-corrected chi connectivity index (χ0v) is 62.6. The van der Waals surface area contributed by atoms with Crippen LogP contribution >= 0.6 is 0 Å². The minimum atomic E-state index is 0.846. The molecule has 0 radical (unpaired) electrons. The minimum Gasteiger partial charge on any atom is -0.497 e. The monoisotopic (exact) mass is 1420 g/mol.